The Kier molecular flexibility index (Phi) is 9.02. The van der Waals surface area contributed by atoms with Gasteiger partial charge in [-0.25, -0.2) is 22.7 Å². The first-order valence-electron chi connectivity index (χ1n) is 13.9. The van der Waals surface area contributed by atoms with E-state index in [2.05, 4.69) is 5.10 Å². The Labute approximate surface area is 266 Å². The van der Waals surface area contributed by atoms with Crippen molar-refractivity contribution in [1.29, 1.82) is 0 Å². The lowest BCUT2D eigenvalue weighted by atomic mass is 10.1. The first-order chi connectivity index (χ1) is 22.1. The van der Waals surface area contributed by atoms with Crippen LogP contribution in [-0.2, 0) is 25.8 Å². The van der Waals surface area contributed by atoms with E-state index in [1.54, 1.807) is 36.4 Å². The number of halogens is 3. The average Bonchev–Trinajstić information content (AvgIpc) is 3.57. The molecule has 0 bridgehead atoms. The number of quaternary nitrogens is 1. The molecule has 0 fully saturated rings. The van der Waals surface area contributed by atoms with Crippen molar-refractivity contribution in [2.24, 2.45) is 0 Å². The molecule has 1 aromatic heterocycles. The number of amides is 3. The van der Waals surface area contributed by atoms with Crippen molar-refractivity contribution in [3.63, 3.8) is 0 Å². The van der Waals surface area contributed by atoms with E-state index in [1.807, 2.05) is 11.6 Å². The number of carbonyl (C=O) groups excluding carboxylic acids is 3. The number of aromatic nitrogens is 2. The zero-order valence-corrected chi connectivity index (χ0v) is 25.8. The Balaban J connectivity index is 1.24. The summed E-state index contributed by atoms with van der Waals surface area (Å²) >= 11 is 0. The van der Waals surface area contributed by atoms with Gasteiger partial charge in [-0.1, -0.05) is 42.0 Å². The molecule has 2 unspecified atom stereocenters. The fourth-order valence-corrected chi connectivity index (χ4v) is 5.74. The molecule has 13 nitrogen and oxygen atoms in total. The SMILES string of the molecule is Cc1ccc(-c2cc(C(F)(F)F)nn2-c2ccc(S(=O)(=O)NC(=O)CN(C)[NH+]([O-])OC(C)N3C(=O)c4ccccc4C3=O)cc2)cc1. The summed E-state index contributed by atoms with van der Waals surface area (Å²) in [5, 5.41) is 15.9. The van der Waals surface area contributed by atoms with E-state index < -0.39 is 57.7 Å². The number of benzene rings is 3. The number of carbonyl (C=O) groups is 3. The van der Waals surface area contributed by atoms with E-state index in [-0.39, 0.29) is 27.4 Å². The van der Waals surface area contributed by atoms with Gasteiger partial charge in [0.15, 0.2) is 11.9 Å². The van der Waals surface area contributed by atoms with Gasteiger partial charge in [-0.15, -0.1) is 10.3 Å². The highest BCUT2D eigenvalue weighted by Gasteiger charge is 2.40. The molecule has 2 atom stereocenters. The van der Waals surface area contributed by atoms with Crippen LogP contribution in [0.4, 0.5) is 13.2 Å². The summed E-state index contributed by atoms with van der Waals surface area (Å²) in [6, 6.07) is 18.3. The van der Waals surface area contributed by atoms with E-state index in [1.165, 1.54) is 31.2 Å². The van der Waals surface area contributed by atoms with Crippen LogP contribution in [0.15, 0.2) is 83.8 Å². The van der Waals surface area contributed by atoms with E-state index in [0.29, 0.717) is 5.56 Å². The molecule has 0 aliphatic carbocycles. The largest absolute Gasteiger partial charge is 0.579 e. The topological polar surface area (TPSA) is 158 Å². The fourth-order valence-electron chi connectivity index (χ4n) is 4.76. The smallest absolute Gasteiger partial charge is 0.435 e. The van der Waals surface area contributed by atoms with E-state index >= 15 is 0 Å². The number of alkyl halides is 3. The van der Waals surface area contributed by atoms with E-state index in [0.717, 1.165) is 45.4 Å². The lowest BCUT2D eigenvalue weighted by Crippen LogP contribution is -3.13. The summed E-state index contributed by atoms with van der Waals surface area (Å²) in [4.78, 5) is 43.4. The van der Waals surface area contributed by atoms with Gasteiger partial charge in [0, 0.05) is 12.6 Å². The summed E-state index contributed by atoms with van der Waals surface area (Å²) < 4.78 is 69.2. The number of hydrogen-bond donors (Lipinski definition) is 2. The van der Waals surface area contributed by atoms with Crippen LogP contribution in [0.25, 0.3) is 16.9 Å². The van der Waals surface area contributed by atoms with Crippen molar-refractivity contribution >= 4 is 27.7 Å². The average molecular weight is 673 g/mol. The first kappa shape index (κ1) is 33.4. The number of nitrogens with zero attached hydrogens (tertiary/aromatic N) is 4. The minimum absolute atomic E-state index is 0.119. The highest BCUT2D eigenvalue weighted by atomic mass is 32.2. The number of nitrogens with one attached hydrogen (secondary N) is 2. The Morgan fingerprint density at radius 1 is 1.02 bits per heavy atom. The predicted molar refractivity (Wildman–Crippen MR) is 159 cm³/mol. The summed E-state index contributed by atoms with van der Waals surface area (Å²) in [5.74, 6) is -2.45. The Hall–Kier alpha value is -4.94. The summed E-state index contributed by atoms with van der Waals surface area (Å²) in [6.07, 6.45) is -6.07. The van der Waals surface area contributed by atoms with Crippen LogP contribution in [0.1, 0.15) is 38.9 Å². The Morgan fingerprint density at radius 3 is 2.15 bits per heavy atom. The number of imide groups is 1. The predicted octanol–water partition coefficient (Wildman–Crippen LogP) is 2.47. The molecule has 0 spiro atoms. The quantitative estimate of drug-likeness (QED) is 0.191. The molecular weight excluding hydrogens is 645 g/mol. The van der Waals surface area contributed by atoms with Gasteiger partial charge in [-0.2, -0.15) is 23.1 Å². The van der Waals surface area contributed by atoms with Gasteiger partial charge in [0.25, 0.3) is 27.7 Å². The minimum atomic E-state index is -4.73. The van der Waals surface area contributed by atoms with Gasteiger partial charge < -0.3 is 5.21 Å². The molecule has 47 heavy (non-hydrogen) atoms. The Bertz CT molecular complexity index is 1910. The standard InChI is InChI=1S/C30H27F3N6O7S/c1-18-8-10-20(11-9-18)25-16-26(30(31,32)33)34-38(25)21-12-14-22(15-13-21)47(44,45)35-27(40)17-36(3)39(43)46-19(2)37-28(41)23-6-4-5-7-24(23)29(37)42/h4-16,19,39H,17H2,1-3H3,(H,35,40). The molecule has 2 N–H and O–H groups in total. The zero-order valence-electron chi connectivity index (χ0n) is 25.0. The third-order valence-electron chi connectivity index (χ3n) is 7.14. The number of fused-ring (bicyclic) bond motifs is 1. The summed E-state index contributed by atoms with van der Waals surface area (Å²) in [7, 11) is -3.34. The highest BCUT2D eigenvalue weighted by molar-refractivity contribution is 7.90. The fraction of sp³-hybridized carbons (Fsp3) is 0.200. The van der Waals surface area contributed by atoms with Gasteiger partial charge in [0.2, 0.25) is 0 Å². The molecule has 0 saturated carbocycles. The zero-order chi connectivity index (χ0) is 34.3. The number of likely N-dealkylation sites (N-methyl/N-ethyl adjacent to an activating group) is 1. The highest BCUT2D eigenvalue weighted by Crippen LogP contribution is 2.33. The Morgan fingerprint density at radius 2 is 1.60 bits per heavy atom. The van der Waals surface area contributed by atoms with Gasteiger partial charge in [0.05, 0.1) is 27.4 Å². The number of hydrogen-bond acceptors (Lipinski definition) is 9. The van der Waals surface area contributed by atoms with Crippen molar-refractivity contribution in [3.05, 3.63) is 106 Å². The molecule has 1 aliphatic rings. The van der Waals surface area contributed by atoms with Crippen LogP contribution in [-0.4, -0.2) is 65.6 Å². The number of sulfonamides is 1. The van der Waals surface area contributed by atoms with Crippen LogP contribution in [0, 0.1) is 12.1 Å². The second kappa shape index (κ2) is 12.7. The van der Waals surface area contributed by atoms with E-state index in [4.69, 9.17) is 4.84 Å². The van der Waals surface area contributed by atoms with Gasteiger partial charge >= 0.3 is 6.18 Å². The van der Waals surface area contributed by atoms with Crippen LogP contribution in [0.2, 0.25) is 0 Å². The minimum Gasteiger partial charge on any atom is -0.579 e. The third-order valence-corrected chi connectivity index (χ3v) is 8.53. The molecule has 2 heterocycles. The van der Waals surface area contributed by atoms with Gasteiger partial charge in [-0.05, 0) is 56.3 Å². The maximum atomic E-state index is 13.5. The molecule has 0 radical (unpaired) electrons. The second-order valence-corrected chi connectivity index (χ2v) is 12.3. The van der Waals surface area contributed by atoms with Crippen LogP contribution < -0.4 is 10.1 Å². The number of aryl methyl sites for hydroxylation is 1. The molecule has 4 aromatic rings. The normalized spacial score (nSPS) is 14.8. The van der Waals surface area contributed by atoms with Crippen molar-refractivity contribution < 1.29 is 46.1 Å². The monoisotopic (exact) mass is 672 g/mol. The van der Waals surface area contributed by atoms with Crippen LogP contribution >= 0.6 is 0 Å². The molecule has 3 amide bonds. The molecule has 5 rings (SSSR count). The van der Waals surface area contributed by atoms with Gasteiger partial charge in [0.1, 0.15) is 6.54 Å². The van der Waals surface area contributed by atoms with Crippen molar-refractivity contribution in [2.75, 3.05) is 13.6 Å². The first-order valence-corrected chi connectivity index (χ1v) is 15.3. The molecule has 17 heteroatoms. The molecule has 246 valence electrons. The molecular formula is C30H27F3N6O7S. The summed E-state index contributed by atoms with van der Waals surface area (Å²) in [6.45, 7) is 2.34. The maximum absolute atomic E-state index is 13.5. The molecule has 0 saturated heterocycles. The third kappa shape index (κ3) is 6.93. The van der Waals surface area contributed by atoms with Crippen molar-refractivity contribution in [1.82, 2.24) is 24.4 Å². The van der Waals surface area contributed by atoms with Crippen LogP contribution in [0.3, 0.4) is 0 Å². The lowest BCUT2D eigenvalue weighted by molar-refractivity contribution is -1.15. The molecule has 3 aromatic carbocycles. The second-order valence-electron chi connectivity index (χ2n) is 10.6. The van der Waals surface area contributed by atoms with E-state index in [9.17, 15) is 41.2 Å². The number of rotatable bonds is 10. The van der Waals surface area contributed by atoms with Crippen LogP contribution in [0.5, 0.6) is 0 Å². The van der Waals surface area contributed by atoms with Gasteiger partial charge in [-0.3, -0.25) is 14.4 Å². The van der Waals surface area contributed by atoms with Crippen molar-refractivity contribution in [3.8, 4) is 16.9 Å². The van der Waals surface area contributed by atoms with Crippen molar-refractivity contribution in [2.45, 2.75) is 31.1 Å². The maximum Gasteiger partial charge on any atom is 0.435 e. The lowest BCUT2D eigenvalue weighted by Gasteiger charge is -2.31. The summed E-state index contributed by atoms with van der Waals surface area (Å²) in [5.41, 5.74) is 0.736. The molecule has 1 aliphatic heterocycles.